The molecule has 1 amide bonds. The maximum Gasteiger partial charge on any atom is 0.275 e. The Labute approximate surface area is 116 Å². The number of rotatable bonds is 5. The van der Waals surface area contributed by atoms with Crippen molar-refractivity contribution in [1.82, 2.24) is 9.97 Å². The third-order valence-electron chi connectivity index (χ3n) is 2.58. The molecule has 0 radical (unpaired) electrons. The van der Waals surface area contributed by atoms with E-state index >= 15 is 0 Å². The highest BCUT2D eigenvalue weighted by Gasteiger charge is 2.09. The van der Waals surface area contributed by atoms with Crippen molar-refractivity contribution in [2.24, 2.45) is 0 Å². The summed E-state index contributed by atoms with van der Waals surface area (Å²) in [5, 5.41) is 12.0. The number of nitrogens with one attached hydrogen (secondary N) is 1. The van der Waals surface area contributed by atoms with E-state index in [1.807, 2.05) is 6.92 Å². The highest BCUT2D eigenvalue weighted by atomic mass is 16.5. The first-order chi connectivity index (χ1) is 9.74. The maximum absolute atomic E-state index is 11.9. The van der Waals surface area contributed by atoms with Crippen LogP contribution in [0, 0.1) is 0 Å². The average molecular weight is 273 g/mol. The van der Waals surface area contributed by atoms with Crippen LogP contribution in [0.5, 0.6) is 5.75 Å². The molecule has 0 aliphatic rings. The molecule has 0 aliphatic carbocycles. The number of benzene rings is 1. The first-order valence-electron chi connectivity index (χ1n) is 6.18. The number of carbonyl (C=O) groups is 1. The highest BCUT2D eigenvalue weighted by molar-refractivity contribution is 6.02. The number of nitrogens with zero attached hydrogens (tertiary/aromatic N) is 2. The Bertz CT molecular complexity index is 587. The second-order valence-corrected chi connectivity index (χ2v) is 3.96. The first kappa shape index (κ1) is 14.0. The van der Waals surface area contributed by atoms with E-state index in [9.17, 15) is 9.90 Å². The van der Waals surface area contributed by atoms with Gasteiger partial charge < -0.3 is 15.2 Å². The molecule has 0 fully saturated rings. The van der Waals surface area contributed by atoms with Crippen LogP contribution in [0.3, 0.4) is 0 Å². The number of amides is 1. The molecule has 0 atom stereocenters. The molecule has 0 bridgehead atoms. The van der Waals surface area contributed by atoms with Gasteiger partial charge in [0.15, 0.2) is 0 Å². The third kappa shape index (κ3) is 3.30. The van der Waals surface area contributed by atoms with Gasteiger partial charge in [0.1, 0.15) is 11.4 Å². The van der Waals surface area contributed by atoms with Crippen LogP contribution in [0.2, 0.25) is 0 Å². The molecule has 6 nitrogen and oxygen atoms in total. The molecule has 6 heteroatoms. The first-order valence-corrected chi connectivity index (χ1v) is 6.18. The molecule has 0 saturated heterocycles. The molecular weight excluding hydrogens is 258 g/mol. The lowest BCUT2D eigenvalue weighted by atomic mass is 10.2. The van der Waals surface area contributed by atoms with Gasteiger partial charge in [-0.15, -0.1) is 0 Å². The van der Waals surface area contributed by atoms with Crippen molar-refractivity contribution in [3.8, 4) is 5.75 Å². The Hall–Kier alpha value is -2.47. The molecule has 2 aromatic rings. The minimum atomic E-state index is -0.355. The lowest BCUT2D eigenvalue weighted by molar-refractivity contribution is 0.102. The molecule has 0 unspecified atom stereocenters. The zero-order valence-corrected chi connectivity index (χ0v) is 11.0. The van der Waals surface area contributed by atoms with E-state index in [4.69, 9.17) is 4.74 Å². The summed E-state index contributed by atoms with van der Waals surface area (Å²) in [6.45, 7) is 2.22. The van der Waals surface area contributed by atoms with E-state index in [0.29, 0.717) is 23.6 Å². The van der Waals surface area contributed by atoms with Crippen molar-refractivity contribution in [2.75, 3.05) is 11.9 Å². The molecule has 2 rings (SSSR count). The largest absolute Gasteiger partial charge is 0.494 e. The van der Waals surface area contributed by atoms with Crippen molar-refractivity contribution >= 4 is 11.6 Å². The van der Waals surface area contributed by atoms with Gasteiger partial charge in [-0.25, -0.2) is 4.98 Å². The Balaban J connectivity index is 2.16. The van der Waals surface area contributed by atoms with Crippen molar-refractivity contribution in [2.45, 2.75) is 13.5 Å². The molecule has 0 saturated carbocycles. The smallest absolute Gasteiger partial charge is 0.275 e. The maximum atomic E-state index is 11.9. The number of hydrogen-bond acceptors (Lipinski definition) is 5. The molecule has 20 heavy (non-hydrogen) atoms. The minimum absolute atomic E-state index is 0.163. The lowest BCUT2D eigenvalue weighted by Gasteiger charge is -2.11. The predicted octanol–water partition coefficient (Wildman–Crippen LogP) is 1.62. The molecule has 104 valence electrons. The average Bonchev–Trinajstić information content (AvgIpc) is 2.50. The number of ether oxygens (including phenoxy) is 1. The third-order valence-corrected chi connectivity index (χ3v) is 2.58. The summed E-state index contributed by atoms with van der Waals surface area (Å²) in [4.78, 5) is 19.7. The topological polar surface area (TPSA) is 84.3 Å². The van der Waals surface area contributed by atoms with E-state index in [0.717, 1.165) is 0 Å². The summed E-state index contributed by atoms with van der Waals surface area (Å²) >= 11 is 0. The summed E-state index contributed by atoms with van der Waals surface area (Å²) in [6.07, 6.45) is 4.33. The van der Waals surface area contributed by atoms with Crippen LogP contribution in [0.4, 0.5) is 5.69 Å². The number of aliphatic hydroxyl groups excluding tert-OH is 1. The van der Waals surface area contributed by atoms with Crippen LogP contribution < -0.4 is 10.1 Å². The fourth-order valence-corrected chi connectivity index (χ4v) is 1.69. The fourth-order valence-electron chi connectivity index (χ4n) is 1.69. The minimum Gasteiger partial charge on any atom is -0.494 e. The van der Waals surface area contributed by atoms with Gasteiger partial charge in [0.2, 0.25) is 0 Å². The lowest BCUT2D eigenvalue weighted by Crippen LogP contribution is -2.14. The summed E-state index contributed by atoms with van der Waals surface area (Å²) < 4.78 is 5.38. The van der Waals surface area contributed by atoms with Crippen LogP contribution in [-0.2, 0) is 6.61 Å². The van der Waals surface area contributed by atoms with E-state index in [2.05, 4.69) is 15.3 Å². The van der Waals surface area contributed by atoms with Gasteiger partial charge in [-0.2, -0.15) is 0 Å². The molecule has 0 aliphatic heterocycles. The van der Waals surface area contributed by atoms with Crippen LogP contribution in [0.25, 0.3) is 0 Å². The van der Waals surface area contributed by atoms with Gasteiger partial charge in [0, 0.05) is 23.6 Å². The van der Waals surface area contributed by atoms with Gasteiger partial charge in [-0.3, -0.25) is 9.78 Å². The monoisotopic (exact) mass is 273 g/mol. The van der Waals surface area contributed by atoms with Crippen molar-refractivity contribution < 1.29 is 14.6 Å². The van der Waals surface area contributed by atoms with Gasteiger partial charge in [-0.05, 0) is 25.1 Å². The van der Waals surface area contributed by atoms with Gasteiger partial charge in [0.05, 0.1) is 19.4 Å². The van der Waals surface area contributed by atoms with E-state index in [1.54, 1.807) is 18.2 Å². The molecule has 1 aromatic heterocycles. The summed E-state index contributed by atoms with van der Waals surface area (Å²) in [6, 6.07) is 5.08. The summed E-state index contributed by atoms with van der Waals surface area (Å²) in [7, 11) is 0. The summed E-state index contributed by atoms with van der Waals surface area (Å²) in [5.74, 6) is 0.249. The molecule has 2 N–H and O–H groups in total. The number of hydrogen-bond donors (Lipinski definition) is 2. The van der Waals surface area contributed by atoms with Crippen LogP contribution in [-0.4, -0.2) is 27.6 Å². The molecular formula is C14H15N3O3. The van der Waals surface area contributed by atoms with Gasteiger partial charge in [0.25, 0.3) is 5.91 Å². The number of aliphatic hydroxyl groups is 1. The predicted molar refractivity (Wildman–Crippen MR) is 73.5 cm³/mol. The quantitative estimate of drug-likeness (QED) is 0.864. The van der Waals surface area contributed by atoms with E-state index in [1.165, 1.54) is 18.6 Å². The van der Waals surface area contributed by atoms with Crippen LogP contribution in [0.1, 0.15) is 23.0 Å². The highest BCUT2D eigenvalue weighted by Crippen LogP contribution is 2.23. The van der Waals surface area contributed by atoms with Gasteiger partial charge >= 0.3 is 0 Å². The Morgan fingerprint density at radius 1 is 1.40 bits per heavy atom. The van der Waals surface area contributed by atoms with E-state index in [-0.39, 0.29) is 18.2 Å². The zero-order valence-electron chi connectivity index (χ0n) is 11.0. The van der Waals surface area contributed by atoms with Crippen molar-refractivity contribution in [3.63, 3.8) is 0 Å². The van der Waals surface area contributed by atoms with Crippen molar-refractivity contribution in [3.05, 3.63) is 48.0 Å². The second-order valence-electron chi connectivity index (χ2n) is 3.96. The zero-order chi connectivity index (χ0) is 14.4. The fraction of sp³-hybridized carbons (Fsp3) is 0.214. The Kier molecular flexibility index (Phi) is 4.62. The Morgan fingerprint density at radius 2 is 2.25 bits per heavy atom. The summed E-state index contributed by atoms with van der Waals surface area (Å²) in [5.41, 5.74) is 1.41. The molecule has 0 spiro atoms. The molecule has 1 heterocycles. The van der Waals surface area contributed by atoms with E-state index < -0.39 is 0 Å². The number of anilines is 1. The number of carbonyl (C=O) groups excluding carboxylic acids is 1. The van der Waals surface area contributed by atoms with Crippen LogP contribution >= 0.6 is 0 Å². The normalized spacial score (nSPS) is 10.1. The second kappa shape index (κ2) is 6.63. The molecule has 1 aromatic carbocycles. The Morgan fingerprint density at radius 3 is 2.90 bits per heavy atom. The van der Waals surface area contributed by atoms with Crippen LogP contribution in [0.15, 0.2) is 36.8 Å². The standard InChI is InChI=1S/C14H15N3O3/c1-2-20-13-4-3-11(7-10(13)9-18)17-14(19)12-8-15-5-6-16-12/h3-8,18H,2,9H2,1H3,(H,17,19). The van der Waals surface area contributed by atoms with Crippen molar-refractivity contribution in [1.29, 1.82) is 0 Å². The number of aromatic nitrogens is 2. The van der Waals surface area contributed by atoms with Gasteiger partial charge in [-0.1, -0.05) is 0 Å². The SMILES string of the molecule is CCOc1ccc(NC(=O)c2cnccn2)cc1CO.